The van der Waals surface area contributed by atoms with E-state index in [0.717, 1.165) is 8.66 Å². The van der Waals surface area contributed by atoms with Crippen LogP contribution in [0, 0.1) is 0 Å². The number of sulfonamides is 1. The molecule has 0 atom stereocenters. The summed E-state index contributed by atoms with van der Waals surface area (Å²) in [6.07, 6.45) is 0. The number of para-hydroxylation sites is 1. The van der Waals surface area contributed by atoms with Crippen LogP contribution in [-0.2, 0) is 16.6 Å². The number of rotatable bonds is 3. The highest BCUT2D eigenvalue weighted by atomic mass is 79.9. The summed E-state index contributed by atoms with van der Waals surface area (Å²) in [6.45, 7) is 0.284. The number of benzene rings is 1. The maximum absolute atomic E-state index is 13.4. The zero-order chi connectivity index (χ0) is 21.0. The fourth-order valence-electron chi connectivity index (χ4n) is 3.34. The predicted molar refractivity (Wildman–Crippen MR) is 123 cm³/mol. The van der Waals surface area contributed by atoms with Crippen molar-refractivity contribution in [1.82, 2.24) is 4.57 Å². The molecule has 1 aliphatic heterocycles. The number of fused-ring (bicyclic) bond motifs is 2. The van der Waals surface area contributed by atoms with Gasteiger partial charge in [-0.1, -0.05) is 12.1 Å². The number of nitrogens with one attached hydrogen (secondary N) is 1. The first-order chi connectivity index (χ1) is 14.3. The molecule has 0 saturated carbocycles. The van der Waals surface area contributed by atoms with Crippen LogP contribution in [0.5, 0.6) is 5.75 Å². The Morgan fingerprint density at radius 2 is 1.97 bits per heavy atom. The molecule has 0 saturated heterocycles. The molecule has 0 amide bonds. The molecular weight excluding hydrogens is 510 g/mol. The van der Waals surface area contributed by atoms with Crippen LogP contribution >= 0.6 is 38.6 Å². The van der Waals surface area contributed by atoms with E-state index in [1.807, 2.05) is 12.1 Å². The van der Waals surface area contributed by atoms with E-state index in [-0.39, 0.29) is 28.6 Å². The highest BCUT2D eigenvalue weighted by molar-refractivity contribution is 9.11. The minimum atomic E-state index is -4.02. The van der Waals surface area contributed by atoms with Gasteiger partial charge in [-0.2, -0.15) is 8.42 Å². The fraction of sp³-hybridized carbons (Fsp3) is 0.0526. The Morgan fingerprint density at radius 3 is 2.73 bits per heavy atom. The lowest BCUT2D eigenvalue weighted by molar-refractivity contribution is 0.479. The van der Waals surface area contributed by atoms with Gasteiger partial charge in [0.05, 0.1) is 26.2 Å². The average Bonchev–Trinajstić information content (AvgIpc) is 3.34. The normalized spacial score (nSPS) is 14.9. The van der Waals surface area contributed by atoms with Crippen LogP contribution in [0.15, 0.2) is 65.7 Å². The summed E-state index contributed by atoms with van der Waals surface area (Å²) in [5.74, 6) is -0.470. The second-order valence-corrected chi connectivity index (χ2v) is 11.5. The van der Waals surface area contributed by atoms with Gasteiger partial charge >= 0.3 is 0 Å². The van der Waals surface area contributed by atoms with Gasteiger partial charge in [-0.25, -0.2) is 0 Å². The second-order valence-electron chi connectivity index (χ2n) is 6.49. The molecule has 4 heterocycles. The Bertz CT molecular complexity index is 1520. The quantitative estimate of drug-likeness (QED) is 0.420. The predicted octanol–water partition coefficient (Wildman–Crippen LogP) is 4.20. The van der Waals surface area contributed by atoms with Crippen molar-refractivity contribution in [2.75, 3.05) is 5.32 Å². The van der Waals surface area contributed by atoms with Gasteiger partial charge in [-0.05, 0) is 51.6 Å². The minimum Gasteiger partial charge on any atom is -0.505 e. The van der Waals surface area contributed by atoms with Crippen LogP contribution in [-0.4, -0.2) is 23.9 Å². The molecule has 0 unspecified atom stereocenters. The van der Waals surface area contributed by atoms with Crippen molar-refractivity contribution in [3.8, 4) is 5.75 Å². The molecule has 1 aromatic carbocycles. The maximum Gasteiger partial charge on any atom is 0.286 e. The third kappa shape index (κ3) is 3.09. The number of hydrogen-bond donors (Lipinski definition) is 2. The van der Waals surface area contributed by atoms with Crippen molar-refractivity contribution >= 4 is 70.4 Å². The number of nitrogens with zero attached hydrogens (tertiary/aromatic N) is 2. The zero-order valence-corrected chi connectivity index (χ0v) is 19.0. The molecule has 5 rings (SSSR count). The summed E-state index contributed by atoms with van der Waals surface area (Å²) >= 11 is 6.18. The summed E-state index contributed by atoms with van der Waals surface area (Å²) in [5, 5.41) is 15.5. The molecule has 30 heavy (non-hydrogen) atoms. The zero-order valence-electron chi connectivity index (χ0n) is 15.0. The molecule has 1 aliphatic rings. The van der Waals surface area contributed by atoms with Gasteiger partial charge in [-0.3, -0.25) is 4.79 Å². The summed E-state index contributed by atoms with van der Waals surface area (Å²) < 4.78 is 32.0. The molecule has 0 fully saturated rings. The molecule has 0 bridgehead atoms. The van der Waals surface area contributed by atoms with Crippen molar-refractivity contribution < 1.29 is 13.5 Å². The standard InChI is InChI=1S/C19H12BrN3O4S3/c20-14-6-5-10(29-14)9-23-12-7-8-28-17(12)16(24)15(19(23)25)18-21-11-3-1-2-4-13(11)30(26,27)22-18/h1-8,24H,9H2,(H,21,22). The van der Waals surface area contributed by atoms with Crippen LogP contribution in [0.4, 0.5) is 5.69 Å². The molecule has 2 N–H and O–H groups in total. The van der Waals surface area contributed by atoms with Gasteiger partial charge in [-0.15, -0.1) is 27.1 Å². The molecule has 11 heteroatoms. The Balaban J connectivity index is 1.75. The second kappa shape index (κ2) is 7.05. The van der Waals surface area contributed by atoms with Gasteiger partial charge in [0.25, 0.3) is 15.6 Å². The van der Waals surface area contributed by atoms with E-state index in [2.05, 4.69) is 25.6 Å². The average molecular weight is 522 g/mol. The number of aromatic nitrogens is 1. The third-order valence-corrected chi connectivity index (χ3v) is 8.51. The number of amidine groups is 1. The van der Waals surface area contributed by atoms with Crippen LogP contribution in [0.25, 0.3) is 10.2 Å². The Labute approximate surface area is 187 Å². The van der Waals surface area contributed by atoms with Gasteiger partial charge in [0.1, 0.15) is 10.5 Å². The molecule has 4 aromatic rings. The molecular formula is C19H12BrN3O4S3. The first-order valence-corrected chi connectivity index (χ1v) is 12.6. The number of aromatic hydroxyl groups is 1. The van der Waals surface area contributed by atoms with Crippen LogP contribution in [0.2, 0.25) is 0 Å². The van der Waals surface area contributed by atoms with Crippen LogP contribution < -0.4 is 10.9 Å². The monoisotopic (exact) mass is 521 g/mol. The molecule has 0 spiro atoms. The number of hydrogen-bond acceptors (Lipinski definition) is 7. The Morgan fingerprint density at radius 1 is 1.17 bits per heavy atom. The minimum absolute atomic E-state index is 0.0224. The number of anilines is 1. The van der Waals surface area contributed by atoms with Crippen molar-refractivity contribution in [2.24, 2.45) is 4.40 Å². The topological polar surface area (TPSA) is 101 Å². The van der Waals surface area contributed by atoms with Gasteiger partial charge < -0.3 is 15.0 Å². The van der Waals surface area contributed by atoms with Crippen LogP contribution in [0.3, 0.4) is 0 Å². The number of pyridine rings is 1. The van der Waals surface area contributed by atoms with Gasteiger partial charge in [0.2, 0.25) is 0 Å². The highest BCUT2D eigenvalue weighted by Gasteiger charge is 2.30. The van der Waals surface area contributed by atoms with Gasteiger partial charge in [0, 0.05) is 4.88 Å². The molecule has 0 aliphatic carbocycles. The van der Waals surface area contributed by atoms with Crippen molar-refractivity contribution in [3.63, 3.8) is 0 Å². The molecule has 0 radical (unpaired) electrons. The Kier molecular flexibility index (Phi) is 4.58. The van der Waals surface area contributed by atoms with E-state index < -0.39 is 15.6 Å². The van der Waals surface area contributed by atoms with Crippen LogP contribution in [0.1, 0.15) is 10.4 Å². The van der Waals surface area contributed by atoms with E-state index >= 15 is 0 Å². The largest absolute Gasteiger partial charge is 0.505 e. The lowest BCUT2D eigenvalue weighted by Crippen LogP contribution is -2.32. The van der Waals surface area contributed by atoms with E-state index in [1.54, 1.807) is 29.6 Å². The lowest BCUT2D eigenvalue weighted by Gasteiger charge is -2.19. The van der Waals surface area contributed by atoms with Gasteiger partial charge in [0.15, 0.2) is 11.6 Å². The number of thiophene rings is 2. The van der Waals surface area contributed by atoms with E-state index in [1.165, 1.54) is 33.3 Å². The summed E-state index contributed by atoms with van der Waals surface area (Å²) in [5.41, 5.74) is 0.194. The summed E-state index contributed by atoms with van der Waals surface area (Å²) in [6, 6.07) is 11.9. The number of halogens is 1. The maximum atomic E-state index is 13.4. The summed E-state index contributed by atoms with van der Waals surface area (Å²) in [7, 11) is -4.02. The third-order valence-electron chi connectivity index (χ3n) is 4.66. The highest BCUT2D eigenvalue weighted by Crippen LogP contribution is 2.35. The first kappa shape index (κ1) is 19.5. The smallest absolute Gasteiger partial charge is 0.286 e. The van der Waals surface area contributed by atoms with E-state index in [9.17, 15) is 18.3 Å². The fourth-order valence-corrected chi connectivity index (χ4v) is 6.78. The van der Waals surface area contributed by atoms with Crippen molar-refractivity contribution in [1.29, 1.82) is 0 Å². The van der Waals surface area contributed by atoms with E-state index in [0.29, 0.717) is 15.9 Å². The van der Waals surface area contributed by atoms with Crippen molar-refractivity contribution in [3.05, 3.63) is 72.4 Å². The SMILES string of the molecule is O=c1c(C2=NS(=O)(=O)c3ccccc3N2)c(O)c2sccc2n1Cc1ccc(Br)s1. The Hall–Kier alpha value is -2.47. The first-order valence-electron chi connectivity index (χ1n) is 8.64. The lowest BCUT2D eigenvalue weighted by atomic mass is 10.2. The van der Waals surface area contributed by atoms with E-state index in [4.69, 9.17) is 0 Å². The molecule has 3 aromatic heterocycles. The summed E-state index contributed by atoms with van der Waals surface area (Å²) in [4.78, 5) is 14.4. The van der Waals surface area contributed by atoms with Crippen molar-refractivity contribution in [2.45, 2.75) is 11.4 Å². The molecule has 152 valence electrons. The molecule has 7 nitrogen and oxygen atoms in total.